The van der Waals surface area contributed by atoms with Gasteiger partial charge in [-0.1, -0.05) is 0 Å². The smallest absolute Gasteiger partial charge is 0.312 e. The van der Waals surface area contributed by atoms with Crippen molar-refractivity contribution in [3.8, 4) is 0 Å². The SMILES string of the molecule is O=C1CCCN1c1ccc(C(F)(F)F)c(F)c1. The van der Waals surface area contributed by atoms with Gasteiger partial charge in [-0.25, -0.2) is 4.39 Å². The summed E-state index contributed by atoms with van der Waals surface area (Å²) in [6, 6.07) is 2.54. The van der Waals surface area contributed by atoms with Crippen molar-refractivity contribution in [1.29, 1.82) is 0 Å². The van der Waals surface area contributed by atoms with E-state index in [-0.39, 0.29) is 11.6 Å². The zero-order chi connectivity index (χ0) is 12.6. The number of hydrogen-bond acceptors (Lipinski definition) is 1. The van der Waals surface area contributed by atoms with Gasteiger partial charge in [-0.3, -0.25) is 4.79 Å². The predicted octanol–water partition coefficient (Wildman–Crippen LogP) is 2.97. The van der Waals surface area contributed by atoms with E-state index in [9.17, 15) is 22.4 Å². The molecule has 6 heteroatoms. The molecule has 0 unspecified atom stereocenters. The first-order chi connectivity index (χ1) is 7.89. The van der Waals surface area contributed by atoms with Crippen LogP contribution in [0, 0.1) is 5.82 Å². The van der Waals surface area contributed by atoms with Gasteiger partial charge in [0.15, 0.2) is 0 Å². The minimum absolute atomic E-state index is 0.179. The van der Waals surface area contributed by atoms with Crippen LogP contribution in [0.15, 0.2) is 18.2 Å². The largest absolute Gasteiger partial charge is 0.419 e. The van der Waals surface area contributed by atoms with Gasteiger partial charge in [0.05, 0.1) is 5.56 Å². The molecule has 1 heterocycles. The van der Waals surface area contributed by atoms with Crippen LogP contribution in [0.25, 0.3) is 0 Å². The molecule has 1 saturated heterocycles. The molecule has 0 bridgehead atoms. The van der Waals surface area contributed by atoms with Crippen molar-refractivity contribution >= 4 is 11.6 Å². The Morgan fingerprint density at radius 2 is 1.94 bits per heavy atom. The third-order valence-electron chi connectivity index (χ3n) is 2.64. The number of carbonyl (C=O) groups excluding carboxylic acids is 1. The highest BCUT2D eigenvalue weighted by molar-refractivity contribution is 5.95. The molecule has 1 aliphatic heterocycles. The lowest BCUT2D eigenvalue weighted by molar-refractivity contribution is -0.139. The Morgan fingerprint density at radius 1 is 1.24 bits per heavy atom. The average Bonchev–Trinajstić information content (AvgIpc) is 2.62. The quantitative estimate of drug-likeness (QED) is 0.698. The van der Waals surface area contributed by atoms with Crippen molar-refractivity contribution in [1.82, 2.24) is 0 Å². The summed E-state index contributed by atoms with van der Waals surface area (Å²) in [4.78, 5) is 12.6. The van der Waals surface area contributed by atoms with Crippen LogP contribution in [0.3, 0.4) is 0 Å². The van der Waals surface area contributed by atoms with Crippen LogP contribution in [-0.4, -0.2) is 12.5 Å². The molecular formula is C11H9F4NO. The van der Waals surface area contributed by atoms with Crippen LogP contribution >= 0.6 is 0 Å². The number of carbonyl (C=O) groups is 1. The molecule has 0 spiro atoms. The Kier molecular flexibility index (Phi) is 2.81. The van der Waals surface area contributed by atoms with Gasteiger partial charge in [0.25, 0.3) is 0 Å². The summed E-state index contributed by atoms with van der Waals surface area (Å²) in [5.41, 5.74) is -1.13. The van der Waals surface area contributed by atoms with E-state index in [0.29, 0.717) is 25.5 Å². The maximum atomic E-state index is 13.3. The normalized spacial score (nSPS) is 16.7. The average molecular weight is 247 g/mol. The van der Waals surface area contributed by atoms with Gasteiger partial charge >= 0.3 is 6.18 Å². The van der Waals surface area contributed by atoms with E-state index < -0.39 is 17.6 Å². The van der Waals surface area contributed by atoms with Crippen molar-refractivity contribution in [2.45, 2.75) is 19.0 Å². The van der Waals surface area contributed by atoms with Gasteiger partial charge < -0.3 is 4.90 Å². The zero-order valence-corrected chi connectivity index (χ0v) is 8.72. The molecule has 1 amide bonds. The molecule has 0 aliphatic carbocycles. The molecule has 1 aromatic rings. The molecule has 17 heavy (non-hydrogen) atoms. The van der Waals surface area contributed by atoms with E-state index in [1.807, 2.05) is 0 Å². The van der Waals surface area contributed by atoms with Crippen molar-refractivity contribution < 1.29 is 22.4 Å². The Morgan fingerprint density at radius 3 is 2.41 bits per heavy atom. The number of nitrogens with zero attached hydrogens (tertiary/aromatic N) is 1. The summed E-state index contributed by atoms with van der Waals surface area (Å²) in [5, 5.41) is 0. The molecule has 1 aliphatic rings. The fourth-order valence-corrected chi connectivity index (χ4v) is 1.82. The highest BCUT2D eigenvalue weighted by atomic mass is 19.4. The van der Waals surface area contributed by atoms with Crippen LogP contribution in [-0.2, 0) is 11.0 Å². The summed E-state index contributed by atoms with van der Waals surface area (Å²) in [6.45, 7) is 0.420. The fourth-order valence-electron chi connectivity index (χ4n) is 1.82. The van der Waals surface area contributed by atoms with E-state index in [0.717, 1.165) is 12.1 Å². The monoisotopic (exact) mass is 247 g/mol. The fraction of sp³-hybridized carbons (Fsp3) is 0.364. The van der Waals surface area contributed by atoms with E-state index in [2.05, 4.69) is 0 Å². The van der Waals surface area contributed by atoms with Gasteiger partial charge in [-0.15, -0.1) is 0 Å². The van der Waals surface area contributed by atoms with Crippen LogP contribution < -0.4 is 4.90 Å². The second-order valence-electron chi connectivity index (χ2n) is 3.81. The molecular weight excluding hydrogens is 238 g/mol. The third-order valence-corrected chi connectivity index (χ3v) is 2.64. The lowest BCUT2D eigenvalue weighted by Crippen LogP contribution is -2.24. The molecule has 0 radical (unpaired) electrons. The first-order valence-electron chi connectivity index (χ1n) is 5.07. The standard InChI is InChI=1S/C11H9F4NO/c12-9-6-7(16-5-1-2-10(16)17)3-4-8(9)11(13,14)15/h3-4,6H,1-2,5H2. The van der Waals surface area contributed by atoms with Gasteiger partial charge in [0.2, 0.25) is 5.91 Å². The topological polar surface area (TPSA) is 20.3 Å². The summed E-state index contributed by atoms with van der Waals surface area (Å²) in [5.74, 6) is -1.54. The summed E-state index contributed by atoms with van der Waals surface area (Å²) < 4.78 is 50.2. The van der Waals surface area contributed by atoms with Crippen LogP contribution in [0.1, 0.15) is 18.4 Å². The molecule has 2 nitrogen and oxygen atoms in total. The number of anilines is 1. The summed E-state index contributed by atoms with van der Waals surface area (Å²) >= 11 is 0. The minimum atomic E-state index is -4.71. The molecule has 92 valence electrons. The van der Waals surface area contributed by atoms with Crippen molar-refractivity contribution in [2.75, 3.05) is 11.4 Å². The lowest BCUT2D eigenvalue weighted by atomic mass is 10.1. The molecule has 0 N–H and O–H groups in total. The zero-order valence-electron chi connectivity index (χ0n) is 8.72. The minimum Gasteiger partial charge on any atom is -0.312 e. The number of amides is 1. The summed E-state index contributed by atoms with van der Waals surface area (Å²) in [7, 11) is 0. The van der Waals surface area contributed by atoms with Crippen LogP contribution in [0.2, 0.25) is 0 Å². The number of halogens is 4. The van der Waals surface area contributed by atoms with Crippen LogP contribution in [0.5, 0.6) is 0 Å². The van der Waals surface area contributed by atoms with Gasteiger partial charge in [-0.05, 0) is 24.6 Å². The molecule has 2 rings (SSSR count). The van der Waals surface area contributed by atoms with Crippen molar-refractivity contribution in [2.24, 2.45) is 0 Å². The second kappa shape index (κ2) is 4.01. The third kappa shape index (κ3) is 2.25. The number of rotatable bonds is 1. The van der Waals surface area contributed by atoms with E-state index in [4.69, 9.17) is 0 Å². The first kappa shape index (κ1) is 11.9. The van der Waals surface area contributed by atoms with Crippen LogP contribution in [0.4, 0.5) is 23.2 Å². The van der Waals surface area contributed by atoms with Gasteiger partial charge in [0.1, 0.15) is 5.82 Å². The van der Waals surface area contributed by atoms with E-state index in [1.54, 1.807) is 0 Å². The first-order valence-corrected chi connectivity index (χ1v) is 5.07. The van der Waals surface area contributed by atoms with Gasteiger partial charge in [-0.2, -0.15) is 13.2 Å². The Labute approximate surface area is 94.8 Å². The highest BCUT2D eigenvalue weighted by Gasteiger charge is 2.34. The molecule has 0 saturated carbocycles. The van der Waals surface area contributed by atoms with Crippen molar-refractivity contribution in [3.63, 3.8) is 0 Å². The molecule has 1 aromatic carbocycles. The maximum absolute atomic E-state index is 13.3. The number of benzene rings is 1. The maximum Gasteiger partial charge on any atom is 0.419 e. The lowest BCUT2D eigenvalue weighted by Gasteiger charge is -2.17. The van der Waals surface area contributed by atoms with Gasteiger partial charge in [0, 0.05) is 18.7 Å². The number of alkyl halides is 3. The predicted molar refractivity (Wildman–Crippen MR) is 53.0 cm³/mol. The molecule has 0 aromatic heterocycles. The Balaban J connectivity index is 2.34. The molecule has 0 atom stereocenters. The summed E-state index contributed by atoms with van der Waals surface area (Å²) in [6.07, 6.45) is -3.72. The highest BCUT2D eigenvalue weighted by Crippen LogP contribution is 2.33. The van der Waals surface area contributed by atoms with E-state index in [1.165, 1.54) is 4.90 Å². The van der Waals surface area contributed by atoms with Crippen molar-refractivity contribution in [3.05, 3.63) is 29.6 Å². The second-order valence-corrected chi connectivity index (χ2v) is 3.81. The number of hydrogen-bond donors (Lipinski definition) is 0. The molecule has 1 fully saturated rings. The Hall–Kier alpha value is -1.59. The van der Waals surface area contributed by atoms with E-state index >= 15 is 0 Å². The Bertz CT molecular complexity index is 455.